The molecule has 3 heteroatoms. The lowest BCUT2D eigenvalue weighted by atomic mass is 9.87. The topological polar surface area (TPSA) is 35.5 Å². The molecule has 0 N–H and O–H groups in total. The Hall–Kier alpha value is -3.07. The SMILES string of the molecule is CO/C=C(/C(=O)OC)c1ccccc1/C=C/C=C/c1ccc(C(C)(C)C)cc1. The van der Waals surface area contributed by atoms with Gasteiger partial charge in [0.05, 0.1) is 20.5 Å². The Morgan fingerprint density at radius 2 is 1.54 bits per heavy atom. The summed E-state index contributed by atoms with van der Waals surface area (Å²) in [7, 11) is 2.87. The summed E-state index contributed by atoms with van der Waals surface area (Å²) in [6, 6.07) is 16.2. The zero-order valence-electron chi connectivity index (χ0n) is 17.2. The van der Waals surface area contributed by atoms with E-state index in [4.69, 9.17) is 9.47 Å². The summed E-state index contributed by atoms with van der Waals surface area (Å²) >= 11 is 0. The summed E-state index contributed by atoms with van der Waals surface area (Å²) in [5.41, 5.74) is 4.65. The van der Waals surface area contributed by atoms with Crippen LogP contribution in [0.3, 0.4) is 0 Å². The molecule has 3 nitrogen and oxygen atoms in total. The molecule has 0 spiro atoms. The van der Waals surface area contributed by atoms with Gasteiger partial charge in [-0.3, -0.25) is 0 Å². The second-order valence-corrected chi connectivity index (χ2v) is 7.44. The number of carbonyl (C=O) groups is 1. The van der Waals surface area contributed by atoms with Crippen LogP contribution in [-0.4, -0.2) is 20.2 Å². The van der Waals surface area contributed by atoms with Gasteiger partial charge < -0.3 is 9.47 Å². The number of hydrogen-bond acceptors (Lipinski definition) is 3. The highest BCUT2D eigenvalue weighted by Gasteiger charge is 2.15. The first kappa shape index (κ1) is 21.2. The predicted molar refractivity (Wildman–Crippen MR) is 117 cm³/mol. The van der Waals surface area contributed by atoms with Crippen LogP contribution in [0.1, 0.15) is 43.0 Å². The first-order valence-corrected chi connectivity index (χ1v) is 9.23. The molecule has 2 aromatic carbocycles. The first-order chi connectivity index (χ1) is 13.4. The van der Waals surface area contributed by atoms with Crippen LogP contribution in [0.2, 0.25) is 0 Å². The number of methoxy groups -OCH3 is 2. The third kappa shape index (κ3) is 5.71. The molecule has 0 fully saturated rings. The van der Waals surface area contributed by atoms with Gasteiger partial charge in [-0.15, -0.1) is 0 Å². The van der Waals surface area contributed by atoms with E-state index in [1.165, 1.54) is 26.0 Å². The molecule has 0 saturated carbocycles. The number of rotatable bonds is 6. The molecule has 28 heavy (non-hydrogen) atoms. The molecule has 146 valence electrons. The Morgan fingerprint density at radius 1 is 0.893 bits per heavy atom. The van der Waals surface area contributed by atoms with Gasteiger partial charge in [0, 0.05) is 0 Å². The lowest BCUT2D eigenvalue weighted by molar-refractivity contribution is -0.133. The van der Waals surface area contributed by atoms with Crippen LogP contribution >= 0.6 is 0 Å². The van der Waals surface area contributed by atoms with Crippen molar-refractivity contribution in [2.45, 2.75) is 26.2 Å². The molecule has 2 rings (SSSR count). The molecule has 0 aliphatic rings. The normalized spacial score (nSPS) is 12.5. The predicted octanol–water partition coefficient (Wildman–Crippen LogP) is 5.87. The highest BCUT2D eigenvalue weighted by molar-refractivity contribution is 6.17. The maximum atomic E-state index is 12.1. The van der Waals surface area contributed by atoms with Crippen LogP contribution in [0.4, 0.5) is 0 Å². The van der Waals surface area contributed by atoms with Gasteiger partial charge in [0.25, 0.3) is 0 Å². The van der Waals surface area contributed by atoms with Gasteiger partial charge in [-0.05, 0) is 27.7 Å². The highest BCUT2D eigenvalue weighted by Crippen LogP contribution is 2.23. The number of ether oxygens (including phenoxy) is 2. The third-order valence-corrected chi connectivity index (χ3v) is 4.34. The molecule has 0 aliphatic heterocycles. The fourth-order valence-electron chi connectivity index (χ4n) is 2.76. The Kier molecular flexibility index (Phi) is 7.39. The minimum atomic E-state index is -0.433. The quantitative estimate of drug-likeness (QED) is 0.274. The van der Waals surface area contributed by atoms with Crippen molar-refractivity contribution >= 4 is 23.7 Å². The van der Waals surface area contributed by atoms with E-state index < -0.39 is 5.97 Å². The van der Waals surface area contributed by atoms with Gasteiger partial charge in [-0.25, -0.2) is 4.79 Å². The van der Waals surface area contributed by atoms with Crippen LogP contribution in [0, 0.1) is 0 Å². The van der Waals surface area contributed by atoms with Crippen molar-refractivity contribution in [3.8, 4) is 0 Å². The third-order valence-electron chi connectivity index (χ3n) is 4.34. The van der Waals surface area contributed by atoms with E-state index in [0.717, 1.165) is 16.7 Å². The van der Waals surface area contributed by atoms with Crippen molar-refractivity contribution in [3.63, 3.8) is 0 Å². The maximum Gasteiger partial charge on any atom is 0.341 e. The van der Waals surface area contributed by atoms with Crippen LogP contribution < -0.4 is 0 Å². The number of allylic oxidation sites excluding steroid dienone is 2. The van der Waals surface area contributed by atoms with Gasteiger partial charge in [0.1, 0.15) is 5.57 Å². The maximum absolute atomic E-state index is 12.1. The Labute approximate surface area is 168 Å². The smallest absolute Gasteiger partial charge is 0.341 e. The Bertz CT molecular complexity index is 879. The minimum absolute atomic E-state index is 0.152. The average Bonchev–Trinajstić information content (AvgIpc) is 2.69. The molecule has 0 radical (unpaired) electrons. The summed E-state index contributed by atoms with van der Waals surface area (Å²) in [5, 5.41) is 0. The molecule has 0 heterocycles. The van der Waals surface area contributed by atoms with Gasteiger partial charge in [-0.2, -0.15) is 0 Å². The van der Waals surface area contributed by atoms with Gasteiger partial charge in [-0.1, -0.05) is 93.6 Å². The lowest BCUT2D eigenvalue weighted by Gasteiger charge is -2.18. The summed E-state index contributed by atoms with van der Waals surface area (Å²) in [6.45, 7) is 6.62. The van der Waals surface area contributed by atoms with E-state index in [1.54, 1.807) is 0 Å². The van der Waals surface area contributed by atoms with Crippen LogP contribution in [0.5, 0.6) is 0 Å². The second kappa shape index (κ2) is 9.75. The molecule has 0 saturated heterocycles. The van der Waals surface area contributed by atoms with Gasteiger partial charge in [0.2, 0.25) is 0 Å². The lowest BCUT2D eigenvalue weighted by Crippen LogP contribution is -2.10. The van der Waals surface area contributed by atoms with E-state index in [1.807, 2.05) is 42.5 Å². The highest BCUT2D eigenvalue weighted by atomic mass is 16.5. The molecular weight excluding hydrogens is 348 g/mol. The molecule has 0 amide bonds. The first-order valence-electron chi connectivity index (χ1n) is 9.23. The summed E-state index contributed by atoms with van der Waals surface area (Å²) in [6.07, 6.45) is 9.36. The standard InChI is InChI=1S/C25H28O3/c1-25(2,3)21-16-14-19(15-17-21)10-6-7-11-20-12-8-9-13-22(20)23(18-27-4)24(26)28-5/h6-18H,1-5H3/b10-6+,11-7+,23-18+. The number of esters is 1. The number of carbonyl (C=O) groups excluding carboxylic acids is 1. The average molecular weight is 376 g/mol. The van der Waals surface area contributed by atoms with Crippen molar-refractivity contribution in [3.05, 3.63) is 89.2 Å². The second-order valence-electron chi connectivity index (χ2n) is 7.44. The van der Waals surface area contributed by atoms with Crippen molar-refractivity contribution < 1.29 is 14.3 Å². The number of benzene rings is 2. The fourth-order valence-corrected chi connectivity index (χ4v) is 2.76. The van der Waals surface area contributed by atoms with Crippen LogP contribution in [-0.2, 0) is 19.7 Å². The van der Waals surface area contributed by atoms with Gasteiger partial charge in [0.15, 0.2) is 0 Å². The van der Waals surface area contributed by atoms with E-state index in [0.29, 0.717) is 5.57 Å². The summed E-state index contributed by atoms with van der Waals surface area (Å²) in [5.74, 6) is -0.433. The van der Waals surface area contributed by atoms with E-state index in [2.05, 4.69) is 51.1 Å². The molecular formula is C25H28O3. The van der Waals surface area contributed by atoms with E-state index in [9.17, 15) is 4.79 Å². The van der Waals surface area contributed by atoms with Crippen molar-refractivity contribution in [1.29, 1.82) is 0 Å². The molecule has 0 aromatic heterocycles. The van der Waals surface area contributed by atoms with E-state index in [-0.39, 0.29) is 5.41 Å². The largest absolute Gasteiger partial charge is 0.503 e. The van der Waals surface area contributed by atoms with Crippen molar-refractivity contribution in [2.75, 3.05) is 14.2 Å². The van der Waals surface area contributed by atoms with Crippen LogP contribution in [0.25, 0.3) is 17.7 Å². The van der Waals surface area contributed by atoms with E-state index >= 15 is 0 Å². The van der Waals surface area contributed by atoms with Gasteiger partial charge >= 0.3 is 5.97 Å². The monoisotopic (exact) mass is 376 g/mol. The summed E-state index contributed by atoms with van der Waals surface area (Å²) < 4.78 is 9.92. The van der Waals surface area contributed by atoms with Crippen molar-refractivity contribution in [2.24, 2.45) is 0 Å². The molecule has 0 aliphatic carbocycles. The molecule has 0 unspecified atom stereocenters. The zero-order chi connectivity index (χ0) is 20.6. The summed E-state index contributed by atoms with van der Waals surface area (Å²) in [4.78, 5) is 12.1. The minimum Gasteiger partial charge on any atom is -0.503 e. The molecule has 0 bridgehead atoms. The molecule has 2 aromatic rings. The number of hydrogen-bond donors (Lipinski definition) is 0. The zero-order valence-corrected chi connectivity index (χ0v) is 17.2. The van der Waals surface area contributed by atoms with Crippen molar-refractivity contribution in [1.82, 2.24) is 0 Å². The molecule has 0 atom stereocenters. The Balaban J connectivity index is 2.20. The fraction of sp³-hybridized carbons (Fsp3) is 0.240. The Morgan fingerprint density at radius 3 is 2.14 bits per heavy atom. The van der Waals surface area contributed by atoms with Crippen LogP contribution in [0.15, 0.2) is 66.9 Å².